The Hall–Kier alpha value is -0.120. The van der Waals surface area contributed by atoms with Gasteiger partial charge >= 0.3 is 0 Å². The Morgan fingerprint density at radius 1 is 1.09 bits per heavy atom. The number of rotatable bonds is 0. The monoisotopic (exact) mass is 163 g/mol. The van der Waals surface area contributed by atoms with Crippen molar-refractivity contribution in [2.45, 2.75) is 13.8 Å². The molecule has 1 aliphatic heterocycles. The highest BCUT2D eigenvalue weighted by molar-refractivity contribution is 4.53. The quantitative estimate of drug-likeness (QED) is 0.567. The highest BCUT2D eigenvalue weighted by Gasteiger charge is 2.02. The van der Waals surface area contributed by atoms with Gasteiger partial charge in [-0.2, -0.15) is 0 Å². The fraction of sp³-hybridized carbons (Fsp3) is 1.00. The first-order valence-corrected chi connectivity index (χ1v) is 4.10. The third-order valence-corrected chi connectivity index (χ3v) is 1.23. The molecule has 1 saturated heterocycles. The van der Waals surface area contributed by atoms with Crippen molar-refractivity contribution in [3.05, 3.63) is 0 Å². The molecular formula is C8H21NO2. The van der Waals surface area contributed by atoms with Gasteiger partial charge in [0.1, 0.15) is 0 Å². The Balaban J connectivity index is 0. The minimum atomic E-state index is 0.913. The number of ether oxygens (including phenoxy) is 1. The van der Waals surface area contributed by atoms with E-state index in [1.54, 1.807) is 0 Å². The van der Waals surface area contributed by atoms with Crippen LogP contribution in [0, 0.1) is 0 Å². The lowest BCUT2D eigenvalue weighted by Crippen LogP contribution is -2.32. The molecule has 1 aliphatic rings. The molecule has 0 spiro atoms. The van der Waals surface area contributed by atoms with E-state index in [4.69, 9.17) is 9.84 Å². The number of nitrogens with zero attached hydrogens (tertiary/aromatic N) is 1. The molecule has 0 amide bonds. The first-order chi connectivity index (χ1) is 5.39. The molecule has 0 saturated carbocycles. The average molecular weight is 163 g/mol. The van der Waals surface area contributed by atoms with E-state index >= 15 is 0 Å². The van der Waals surface area contributed by atoms with Crippen molar-refractivity contribution in [2.24, 2.45) is 0 Å². The highest BCUT2D eigenvalue weighted by Crippen LogP contribution is 1.89. The van der Waals surface area contributed by atoms with Gasteiger partial charge in [0.05, 0.1) is 13.2 Å². The second kappa shape index (κ2) is 12.5. The Labute approximate surface area is 70.0 Å². The average Bonchev–Trinajstić information content (AvgIpc) is 2.13. The molecule has 1 N–H and O–H groups in total. The van der Waals surface area contributed by atoms with E-state index in [2.05, 4.69) is 11.9 Å². The van der Waals surface area contributed by atoms with Crippen LogP contribution in [0.25, 0.3) is 0 Å². The third-order valence-electron chi connectivity index (χ3n) is 1.23. The summed E-state index contributed by atoms with van der Waals surface area (Å²) < 4.78 is 5.10. The molecule has 0 atom stereocenters. The van der Waals surface area contributed by atoms with Gasteiger partial charge in [-0.05, 0) is 7.05 Å². The number of hydrogen-bond donors (Lipinski definition) is 1. The van der Waals surface area contributed by atoms with Crippen molar-refractivity contribution >= 4 is 0 Å². The molecule has 1 rings (SSSR count). The lowest BCUT2D eigenvalue weighted by Gasteiger charge is -2.21. The summed E-state index contributed by atoms with van der Waals surface area (Å²) in [5, 5.41) is 7.00. The van der Waals surface area contributed by atoms with Gasteiger partial charge in [0.15, 0.2) is 0 Å². The van der Waals surface area contributed by atoms with E-state index in [0.29, 0.717) is 0 Å². The summed E-state index contributed by atoms with van der Waals surface area (Å²) >= 11 is 0. The van der Waals surface area contributed by atoms with Gasteiger partial charge < -0.3 is 14.7 Å². The summed E-state index contributed by atoms with van der Waals surface area (Å²) in [5.41, 5.74) is 0. The van der Waals surface area contributed by atoms with Gasteiger partial charge in [-0.15, -0.1) is 0 Å². The lowest BCUT2D eigenvalue weighted by molar-refractivity contribution is 0.0503. The molecule has 3 heteroatoms. The van der Waals surface area contributed by atoms with Gasteiger partial charge in [-0.1, -0.05) is 13.8 Å². The maximum absolute atomic E-state index is 7.00. The molecule has 3 nitrogen and oxygen atoms in total. The molecule has 0 unspecified atom stereocenters. The number of morpholine rings is 1. The molecule has 0 radical (unpaired) electrons. The van der Waals surface area contributed by atoms with E-state index in [1.807, 2.05) is 13.8 Å². The summed E-state index contributed by atoms with van der Waals surface area (Å²) in [5.74, 6) is 0. The van der Waals surface area contributed by atoms with Crippen molar-refractivity contribution < 1.29 is 9.84 Å². The summed E-state index contributed by atoms with van der Waals surface area (Å²) in [6, 6.07) is 0. The molecule has 0 aromatic rings. The van der Waals surface area contributed by atoms with Crippen molar-refractivity contribution in [2.75, 3.05) is 40.5 Å². The van der Waals surface area contributed by atoms with Gasteiger partial charge in [-0.25, -0.2) is 0 Å². The maximum Gasteiger partial charge on any atom is 0.0594 e. The molecule has 11 heavy (non-hydrogen) atoms. The van der Waals surface area contributed by atoms with Crippen molar-refractivity contribution in [1.82, 2.24) is 4.90 Å². The van der Waals surface area contributed by atoms with E-state index in [9.17, 15) is 0 Å². The number of aliphatic hydroxyl groups excluding tert-OH is 1. The Kier molecular flexibility index (Phi) is 15.4. The predicted octanol–water partition coefficient (Wildman–Crippen LogP) is 0.583. The molecule has 0 bridgehead atoms. The normalized spacial score (nSPS) is 17.2. The van der Waals surface area contributed by atoms with E-state index in [-0.39, 0.29) is 0 Å². The van der Waals surface area contributed by atoms with Crippen LogP contribution in [-0.4, -0.2) is 50.5 Å². The summed E-state index contributed by atoms with van der Waals surface area (Å²) in [6.45, 7) is 8.02. The maximum atomic E-state index is 7.00. The minimum absolute atomic E-state index is 0.913. The van der Waals surface area contributed by atoms with Crippen LogP contribution in [0.3, 0.4) is 0 Å². The topological polar surface area (TPSA) is 32.7 Å². The summed E-state index contributed by atoms with van der Waals surface area (Å²) in [6.07, 6.45) is 0. The van der Waals surface area contributed by atoms with E-state index < -0.39 is 0 Å². The summed E-state index contributed by atoms with van der Waals surface area (Å²) in [7, 11) is 3.11. The van der Waals surface area contributed by atoms with Crippen LogP contribution in [0.4, 0.5) is 0 Å². The van der Waals surface area contributed by atoms with E-state index in [0.717, 1.165) is 33.4 Å². The van der Waals surface area contributed by atoms with Crippen LogP contribution < -0.4 is 0 Å². The Bertz CT molecular complexity index is 54.1. The Morgan fingerprint density at radius 2 is 1.45 bits per heavy atom. The molecular weight excluding hydrogens is 142 g/mol. The van der Waals surface area contributed by atoms with Crippen LogP contribution in [0.15, 0.2) is 0 Å². The molecule has 1 fully saturated rings. The Morgan fingerprint density at radius 3 is 1.64 bits per heavy atom. The molecule has 70 valence electrons. The van der Waals surface area contributed by atoms with Crippen LogP contribution in [0.2, 0.25) is 0 Å². The first-order valence-electron chi connectivity index (χ1n) is 4.10. The molecule has 0 aromatic carbocycles. The summed E-state index contributed by atoms with van der Waals surface area (Å²) in [4.78, 5) is 2.27. The molecule has 0 aromatic heterocycles. The van der Waals surface area contributed by atoms with Gasteiger partial charge in [-0.3, -0.25) is 0 Å². The fourth-order valence-corrected chi connectivity index (χ4v) is 0.655. The third kappa shape index (κ3) is 9.88. The molecule has 1 heterocycles. The van der Waals surface area contributed by atoms with E-state index in [1.165, 1.54) is 0 Å². The minimum Gasteiger partial charge on any atom is -0.400 e. The predicted molar refractivity (Wildman–Crippen MR) is 47.8 cm³/mol. The zero-order valence-corrected chi connectivity index (χ0v) is 8.13. The zero-order chi connectivity index (χ0) is 9.11. The highest BCUT2D eigenvalue weighted by atomic mass is 16.5. The first kappa shape index (κ1) is 13.5. The van der Waals surface area contributed by atoms with Crippen LogP contribution in [0.1, 0.15) is 13.8 Å². The van der Waals surface area contributed by atoms with Crippen molar-refractivity contribution in [1.29, 1.82) is 0 Å². The standard InChI is InChI=1S/C5H11NO.C2H6.CH4O/c1-6-2-4-7-5-3-6;2*1-2/h2-5H2,1H3;1-2H3;2H,1H3. The van der Waals surface area contributed by atoms with Crippen LogP contribution >= 0.6 is 0 Å². The number of hydrogen-bond acceptors (Lipinski definition) is 3. The second-order valence-electron chi connectivity index (χ2n) is 1.92. The van der Waals surface area contributed by atoms with Crippen LogP contribution in [0.5, 0.6) is 0 Å². The number of aliphatic hydroxyl groups is 1. The largest absolute Gasteiger partial charge is 0.400 e. The second-order valence-corrected chi connectivity index (χ2v) is 1.92. The van der Waals surface area contributed by atoms with Gasteiger partial charge in [0.25, 0.3) is 0 Å². The SMILES string of the molecule is CC.CN1CCOCC1.CO. The van der Waals surface area contributed by atoms with Crippen LogP contribution in [-0.2, 0) is 4.74 Å². The van der Waals surface area contributed by atoms with Gasteiger partial charge in [0.2, 0.25) is 0 Å². The zero-order valence-electron chi connectivity index (χ0n) is 8.13. The van der Waals surface area contributed by atoms with Gasteiger partial charge in [0, 0.05) is 20.2 Å². The lowest BCUT2D eigenvalue weighted by atomic mass is 10.5. The smallest absolute Gasteiger partial charge is 0.0594 e. The van der Waals surface area contributed by atoms with Crippen molar-refractivity contribution in [3.8, 4) is 0 Å². The number of likely N-dealkylation sites (N-methyl/N-ethyl adjacent to an activating group) is 1. The van der Waals surface area contributed by atoms with Crippen molar-refractivity contribution in [3.63, 3.8) is 0 Å². The fourth-order valence-electron chi connectivity index (χ4n) is 0.655. The molecule has 0 aliphatic carbocycles.